The van der Waals surface area contributed by atoms with Gasteiger partial charge >= 0.3 is 0 Å². The highest BCUT2D eigenvalue weighted by atomic mass is 16.5. The van der Waals surface area contributed by atoms with Crippen LogP contribution in [-0.4, -0.2) is 22.8 Å². The molecular weight excluding hydrogens is 412 g/mol. The molecule has 2 aromatic carbocycles. The van der Waals surface area contributed by atoms with Gasteiger partial charge in [-0.15, -0.1) is 0 Å². The van der Waals surface area contributed by atoms with Crippen molar-refractivity contribution in [2.45, 2.75) is 83.7 Å². The standard InChI is InChI=1S/C29H36O4/c1-19(30)15-16-25-23-13-6-7-14-24(23)26-17-22(18-27(31)28(26)29(25)32)33-20(2)9-8-12-21-10-4-3-5-11-21/h3-5,10-11,17-18,20,23-25,31H,6-9,12-16H2,1-2H3. The number of ketones is 2. The van der Waals surface area contributed by atoms with E-state index in [-0.39, 0.29) is 41.2 Å². The topological polar surface area (TPSA) is 63.6 Å². The smallest absolute Gasteiger partial charge is 0.170 e. The van der Waals surface area contributed by atoms with Crippen LogP contribution < -0.4 is 4.74 Å². The van der Waals surface area contributed by atoms with E-state index in [1.165, 1.54) is 5.56 Å². The van der Waals surface area contributed by atoms with Gasteiger partial charge in [0.1, 0.15) is 17.3 Å². The third-order valence-electron chi connectivity index (χ3n) is 7.50. The average Bonchev–Trinajstić information content (AvgIpc) is 2.79. The van der Waals surface area contributed by atoms with Crippen LogP contribution in [0.15, 0.2) is 42.5 Å². The molecule has 4 nitrogen and oxygen atoms in total. The van der Waals surface area contributed by atoms with Gasteiger partial charge in [-0.05, 0) is 81.4 Å². The summed E-state index contributed by atoms with van der Waals surface area (Å²) in [7, 11) is 0. The van der Waals surface area contributed by atoms with E-state index in [9.17, 15) is 14.7 Å². The summed E-state index contributed by atoms with van der Waals surface area (Å²) in [4.78, 5) is 25.0. The second-order valence-corrected chi connectivity index (χ2v) is 9.98. The Balaban J connectivity index is 1.49. The van der Waals surface area contributed by atoms with Gasteiger partial charge in [0.15, 0.2) is 5.78 Å². The molecule has 2 aromatic rings. The van der Waals surface area contributed by atoms with Gasteiger partial charge in [0, 0.05) is 18.4 Å². The van der Waals surface area contributed by atoms with Crippen LogP contribution in [0.2, 0.25) is 0 Å². The molecule has 0 bridgehead atoms. The van der Waals surface area contributed by atoms with Gasteiger partial charge in [0.2, 0.25) is 0 Å². The Morgan fingerprint density at radius 3 is 2.67 bits per heavy atom. The molecule has 0 amide bonds. The number of fused-ring (bicyclic) bond motifs is 3. The number of Topliss-reactive ketones (excluding diaryl/α,β-unsaturated/α-hetero) is 2. The van der Waals surface area contributed by atoms with Gasteiger partial charge in [-0.25, -0.2) is 0 Å². The summed E-state index contributed by atoms with van der Waals surface area (Å²) in [6.07, 6.45) is 8.31. The van der Waals surface area contributed by atoms with Crippen molar-refractivity contribution < 1.29 is 19.4 Å². The Bertz CT molecular complexity index is 981. The number of hydrogen-bond acceptors (Lipinski definition) is 4. The fraction of sp³-hybridized carbons (Fsp3) is 0.517. The van der Waals surface area contributed by atoms with E-state index in [0.717, 1.165) is 50.5 Å². The fourth-order valence-electron chi connectivity index (χ4n) is 5.89. The van der Waals surface area contributed by atoms with Crippen molar-refractivity contribution in [3.63, 3.8) is 0 Å². The van der Waals surface area contributed by atoms with Gasteiger partial charge in [-0.3, -0.25) is 4.79 Å². The molecule has 0 heterocycles. The van der Waals surface area contributed by atoms with E-state index >= 15 is 0 Å². The summed E-state index contributed by atoms with van der Waals surface area (Å²) in [6.45, 7) is 3.65. The number of aromatic hydroxyl groups is 1. The zero-order valence-electron chi connectivity index (χ0n) is 19.9. The molecule has 176 valence electrons. The Labute approximate surface area is 197 Å². The first-order chi connectivity index (χ1) is 15.9. The SMILES string of the molecule is CC(=O)CCC1C(=O)c2c(O)cc(OC(C)CCCc3ccccc3)cc2C2CCCCC12. The van der Waals surface area contributed by atoms with E-state index in [0.29, 0.717) is 24.2 Å². The van der Waals surface area contributed by atoms with Crippen LogP contribution in [0, 0.1) is 11.8 Å². The van der Waals surface area contributed by atoms with Crippen molar-refractivity contribution >= 4 is 11.6 Å². The lowest BCUT2D eigenvalue weighted by molar-refractivity contribution is -0.117. The Kier molecular flexibility index (Phi) is 7.52. The zero-order valence-corrected chi connectivity index (χ0v) is 19.9. The van der Waals surface area contributed by atoms with Crippen LogP contribution in [0.25, 0.3) is 0 Å². The van der Waals surface area contributed by atoms with Crippen LogP contribution in [0.1, 0.15) is 92.6 Å². The van der Waals surface area contributed by atoms with E-state index in [2.05, 4.69) is 31.2 Å². The number of carbonyl (C=O) groups is 2. The molecule has 2 aliphatic carbocycles. The number of phenolic OH excluding ortho intramolecular Hbond substituents is 1. The number of ether oxygens (including phenoxy) is 1. The van der Waals surface area contributed by atoms with Crippen molar-refractivity contribution in [2.24, 2.45) is 11.8 Å². The number of hydrogen-bond donors (Lipinski definition) is 1. The van der Waals surface area contributed by atoms with Crippen molar-refractivity contribution in [2.75, 3.05) is 0 Å². The highest BCUT2D eigenvalue weighted by Crippen LogP contribution is 2.51. The maximum atomic E-state index is 13.4. The summed E-state index contributed by atoms with van der Waals surface area (Å²) in [6, 6.07) is 14.1. The molecule has 4 atom stereocenters. The van der Waals surface area contributed by atoms with Crippen LogP contribution in [0.3, 0.4) is 0 Å². The Hall–Kier alpha value is -2.62. The van der Waals surface area contributed by atoms with E-state index in [1.807, 2.05) is 12.1 Å². The summed E-state index contributed by atoms with van der Waals surface area (Å²) >= 11 is 0. The van der Waals surface area contributed by atoms with Crippen LogP contribution in [0.4, 0.5) is 0 Å². The summed E-state index contributed by atoms with van der Waals surface area (Å²) in [5.41, 5.74) is 2.75. The first-order valence-electron chi connectivity index (χ1n) is 12.5. The molecular formula is C29H36O4. The number of benzene rings is 2. The molecule has 0 aromatic heterocycles. The predicted octanol–water partition coefficient (Wildman–Crippen LogP) is 6.64. The molecule has 2 aliphatic rings. The molecule has 0 saturated heterocycles. The van der Waals surface area contributed by atoms with Crippen LogP contribution in [-0.2, 0) is 11.2 Å². The van der Waals surface area contributed by atoms with Crippen molar-refractivity contribution in [1.82, 2.24) is 0 Å². The minimum absolute atomic E-state index is 0.00867. The van der Waals surface area contributed by atoms with Crippen LogP contribution >= 0.6 is 0 Å². The minimum Gasteiger partial charge on any atom is -0.507 e. The molecule has 0 spiro atoms. The molecule has 1 fully saturated rings. The highest BCUT2D eigenvalue weighted by molar-refractivity contribution is 6.03. The lowest BCUT2D eigenvalue weighted by Gasteiger charge is -2.42. The van der Waals surface area contributed by atoms with E-state index in [1.54, 1.807) is 13.0 Å². The third-order valence-corrected chi connectivity index (χ3v) is 7.50. The Morgan fingerprint density at radius 2 is 1.91 bits per heavy atom. The normalized spacial score (nSPS) is 22.8. The molecule has 4 heteroatoms. The third kappa shape index (κ3) is 5.48. The fourth-order valence-corrected chi connectivity index (χ4v) is 5.89. The van der Waals surface area contributed by atoms with Gasteiger partial charge in [0.25, 0.3) is 0 Å². The largest absolute Gasteiger partial charge is 0.507 e. The molecule has 4 unspecified atom stereocenters. The average molecular weight is 449 g/mol. The second kappa shape index (κ2) is 10.5. The minimum atomic E-state index is -0.165. The first kappa shape index (κ1) is 23.5. The van der Waals surface area contributed by atoms with E-state index < -0.39 is 0 Å². The highest BCUT2D eigenvalue weighted by Gasteiger charge is 2.44. The number of phenols is 1. The number of rotatable bonds is 9. The molecule has 4 rings (SSSR count). The maximum absolute atomic E-state index is 13.4. The summed E-state index contributed by atoms with van der Waals surface area (Å²) in [5.74, 6) is 1.16. The van der Waals surface area contributed by atoms with Crippen molar-refractivity contribution in [3.8, 4) is 11.5 Å². The number of aryl methyl sites for hydroxylation is 1. The van der Waals surface area contributed by atoms with Crippen molar-refractivity contribution in [3.05, 3.63) is 59.2 Å². The number of carbonyl (C=O) groups excluding carboxylic acids is 2. The van der Waals surface area contributed by atoms with Gasteiger partial charge in [-0.2, -0.15) is 0 Å². The van der Waals surface area contributed by atoms with Gasteiger partial charge in [-0.1, -0.05) is 43.2 Å². The molecule has 0 radical (unpaired) electrons. The Morgan fingerprint density at radius 1 is 1.15 bits per heavy atom. The molecule has 0 aliphatic heterocycles. The lowest BCUT2D eigenvalue weighted by atomic mass is 9.61. The predicted molar refractivity (Wildman–Crippen MR) is 130 cm³/mol. The quantitative estimate of drug-likeness (QED) is 0.467. The molecule has 1 N–H and O–H groups in total. The molecule has 1 saturated carbocycles. The maximum Gasteiger partial charge on any atom is 0.170 e. The van der Waals surface area contributed by atoms with Crippen LogP contribution in [0.5, 0.6) is 11.5 Å². The van der Waals surface area contributed by atoms with E-state index in [4.69, 9.17) is 4.74 Å². The lowest BCUT2D eigenvalue weighted by Crippen LogP contribution is -2.37. The zero-order chi connectivity index (χ0) is 23.4. The molecule has 33 heavy (non-hydrogen) atoms. The van der Waals surface area contributed by atoms with Gasteiger partial charge < -0.3 is 14.6 Å². The second-order valence-electron chi connectivity index (χ2n) is 9.98. The summed E-state index contributed by atoms with van der Waals surface area (Å²) < 4.78 is 6.20. The monoisotopic (exact) mass is 448 g/mol. The van der Waals surface area contributed by atoms with Crippen molar-refractivity contribution in [1.29, 1.82) is 0 Å². The van der Waals surface area contributed by atoms with Gasteiger partial charge in [0.05, 0.1) is 11.7 Å². The first-order valence-corrected chi connectivity index (χ1v) is 12.5. The summed E-state index contributed by atoms with van der Waals surface area (Å²) in [5, 5.41) is 10.9.